The highest BCUT2D eigenvalue weighted by molar-refractivity contribution is 6.01. The molecule has 2 aromatic heterocycles. The SMILES string of the molecule is Cc1cc(-n2nc(C)cc2C)c(/C(N)=N/O)c(C)n1. The Morgan fingerprint density at radius 2 is 1.89 bits per heavy atom. The van der Waals surface area contributed by atoms with E-state index in [1.807, 2.05) is 39.8 Å². The zero-order valence-electron chi connectivity index (χ0n) is 11.5. The molecule has 0 saturated heterocycles. The van der Waals surface area contributed by atoms with Gasteiger partial charge >= 0.3 is 0 Å². The Morgan fingerprint density at radius 3 is 2.42 bits per heavy atom. The van der Waals surface area contributed by atoms with E-state index < -0.39 is 0 Å². The van der Waals surface area contributed by atoms with E-state index in [1.54, 1.807) is 4.68 Å². The van der Waals surface area contributed by atoms with Gasteiger partial charge < -0.3 is 10.9 Å². The Balaban J connectivity index is 2.78. The Bertz CT molecular complexity index is 657. The van der Waals surface area contributed by atoms with Crippen molar-refractivity contribution in [2.45, 2.75) is 27.7 Å². The highest BCUT2D eigenvalue weighted by Crippen LogP contribution is 2.20. The lowest BCUT2D eigenvalue weighted by atomic mass is 10.1. The number of aromatic nitrogens is 3. The summed E-state index contributed by atoms with van der Waals surface area (Å²) in [6.07, 6.45) is 0. The first kappa shape index (κ1) is 13.1. The van der Waals surface area contributed by atoms with Crippen molar-refractivity contribution < 1.29 is 5.21 Å². The maximum absolute atomic E-state index is 8.93. The standard InChI is InChI=1S/C13H17N5O/c1-7-6-11(18-9(3)5-8(2)16-18)12(10(4)15-7)13(14)17-19/h5-6,19H,1-4H3,(H2,14,17). The monoisotopic (exact) mass is 259 g/mol. The molecule has 0 aromatic carbocycles. The molecule has 0 unspecified atom stereocenters. The zero-order chi connectivity index (χ0) is 14.2. The fraction of sp³-hybridized carbons (Fsp3) is 0.308. The lowest BCUT2D eigenvalue weighted by Crippen LogP contribution is -2.20. The number of nitrogens with zero attached hydrogens (tertiary/aromatic N) is 4. The van der Waals surface area contributed by atoms with Crippen molar-refractivity contribution in [2.24, 2.45) is 10.9 Å². The molecule has 6 nitrogen and oxygen atoms in total. The van der Waals surface area contributed by atoms with Gasteiger partial charge in [-0.05, 0) is 39.8 Å². The van der Waals surface area contributed by atoms with Crippen molar-refractivity contribution in [1.82, 2.24) is 14.8 Å². The molecule has 0 saturated carbocycles. The average molecular weight is 259 g/mol. The Labute approximate surface area is 111 Å². The van der Waals surface area contributed by atoms with Crippen LogP contribution < -0.4 is 5.73 Å². The lowest BCUT2D eigenvalue weighted by Gasteiger charge is -2.13. The van der Waals surface area contributed by atoms with E-state index in [0.29, 0.717) is 11.3 Å². The number of rotatable bonds is 2. The first-order chi connectivity index (χ1) is 8.93. The molecular weight excluding hydrogens is 242 g/mol. The van der Waals surface area contributed by atoms with E-state index in [-0.39, 0.29) is 5.84 Å². The average Bonchev–Trinajstić information content (AvgIpc) is 2.66. The molecule has 0 amide bonds. The van der Waals surface area contributed by atoms with Crippen LogP contribution in [0.4, 0.5) is 0 Å². The summed E-state index contributed by atoms with van der Waals surface area (Å²) in [6.45, 7) is 7.61. The van der Waals surface area contributed by atoms with Gasteiger partial charge in [0, 0.05) is 11.4 Å². The van der Waals surface area contributed by atoms with Crippen LogP contribution in [0.1, 0.15) is 28.3 Å². The fourth-order valence-electron chi connectivity index (χ4n) is 2.21. The van der Waals surface area contributed by atoms with E-state index in [4.69, 9.17) is 10.9 Å². The maximum atomic E-state index is 8.93. The third-order valence-electron chi connectivity index (χ3n) is 2.91. The molecular formula is C13H17N5O. The second-order valence-electron chi connectivity index (χ2n) is 4.57. The van der Waals surface area contributed by atoms with Gasteiger partial charge in [0.25, 0.3) is 0 Å². The fourth-order valence-corrected chi connectivity index (χ4v) is 2.21. The molecule has 0 fully saturated rings. The molecule has 0 bridgehead atoms. The quantitative estimate of drug-likeness (QED) is 0.371. The van der Waals surface area contributed by atoms with Crippen LogP contribution in [-0.4, -0.2) is 25.8 Å². The predicted octanol–water partition coefficient (Wildman–Crippen LogP) is 1.60. The van der Waals surface area contributed by atoms with E-state index in [1.165, 1.54) is 0 Å². The minimum absolute atomic E-state index is 0.0348. The highest BCUT2D eigenvalue weighted by Gasteiger charge is 2.16. The summed E-state index contributed by atoms with van der Waals surface area (Å²) in [7, 11) is 0. The van der Waals surface area contributed by atoms with Crippen LogP contribution in [0, 0.1) is 27.7 Å². The summed E-state index contributed by atoms with van der Waals surface area (Å²) >= 11 is 0. The number of nitrogens with two attached hydrogens (primary N) is 1. The van der Waals surface area contributed by atoms with Crippen molar-refractivity contribution in [2.75, 3.05) is 0 Å². The van der Waals surface area contributed by atoms with Gasteiger partial charge in [-0.15, -0.1) is 0 Å². The van der Waals surface area contributed by atoms with E-state index >= 15 is 0 Å². The van der Waals surface area contributed by atoms with Gasteiger partial charge in [0.1, 0.15) is 0 Å². The molecule has 0 aliphatic carbocycles. The van der Waals surface area contributed by atoms with Gasteiger partial charge in [0.05, 0.1) is 22.6 Å². The Morgan fingerprint density at radius 1 is 1.21 bits per heavy atom. The van der Waals surface area contributed by atoms with Crippen LogP contribution in [0.2, 0.25) is 0 Å². The normalized spacial score (nSPS) is 11.9. The zero-order valence-corrected chi connectivity index (χ0v) is 11.5. The number of oxime groups is 1. The molecule has 0 aliphatic heterocycles. The van der Waals surface area contributed by atoms with Gasteiger partial charge in [0.15, 0.2) is 5.84 Å². The maximum Gasteiger partial charge on any atom is 0.174 e. The molecule has 100 valence electrons. The van der Waals surface area contributed by atoms with Crippen LogP contribution in [0.3, 0.4) is 0 Å². The van der Waals surface area contributed by atoms with Crippen LogP contribution in [0.5, 0.6) is 0 Å². The number of amidine groups is 1. The lowest BCUT2D eigenvalue weighted by molar-refractivity contribution is 0.318. The van der Waals surface area contributed by atoms with Crippen LogP contribution in [0.25, 0.3) is 5.69 Å². The second kappa shape index (κ2) is 4.72. The van der Waals surface area contributed by atoms with Gasteiger partial charge in [-0.1, -0.05) is 5.16 Å². The molecule has 2 aromatic rings. The highest BCUT2D eigenvalue weighted by atomic mass is 16.4. The number of hydrogen-bond acceptors (Lipinski definition) is 4. The summed E-state index contributed by atoms with van der Waals surface area (Å²) in [4.78, 5) is 4.35. The number of hydrogen-bond donors (Lipinski definition) is 2. The Kier molecular flexibility index (Phi) is 3.25. The van der Waals surface area contributed by atoms with Crippen molar-refractivity contribution in [1.29, 1.82) is 0 Å². The summed E-state index contributed by atoms with van der Waals surface area (Å²) in [5.74, 6) is 0.0348. The van der Waals surface area contributed by atoms with E-state index in [9.17, 15) is 0 Å². The minimum atomic E-state index is 0.0348. The third kappa shape index (κ3) is 2.29. The van der Waals surface area contributed by atoms with Gasteiger partial charge in [-0.2, -0.15) is 5.10 Å². The molecule has 6 heteroatoms. The third-order valence-corrected chi connectivity index (χ3v) is 2.91. The first-order valence-corrected chi connectivity index (χ1v) is 5.94. The topological polar surface area (TPSA) is 89.3 Å². The van der Waals surface area contributed by atoms with Crippen LogP contribution >= 0.6 is 0 Å². The molecule has 0 spiro atoms. The number of aryl methyl sites for hydroxylation is 4. The summed E-state index contributed by atoms with van der Waals surface area (Å²) in [5.41, 5.74) is 10.6. The van der Waals surface area contributed by atoms with Crippen molar-refractivity contribution in [3.8, 4) is 5.69 Å². The molecule has 3 N–H and O–H groups in total. The minimum Gasteiger partial charge on any atom is -0.409 e. The summed E-state index contributed by atoms with van der Waals surface area (Å²) < 4.78 is 1.78. The molecule has 19 heavy (non-hydrogen) atoms. The van der Waals surface area contributed by atoms with Crippen molar-refractivity contribution in [3.05, 3.63) is 40.5 Å². The van der Waals surface area contributed by atoms with E-state index in [2.05, 4.69) is 15.2 Å². The largest absolute Gasteiger partial charge is 0.409 e. The van der Waals surface area contributed by atoms with E-state index in [0.717, 1.165) is 22.8 Å². The molecule has 2 rings (SSSR count). The van der Waals surface area contributed by atoms with Crippen molar-refractivity contribution >= 4 is 5.84 Å². The van der Waals surface area contributed by atoms with Gasteiger partial charge in [0.2, 0.25) is 0 Å². The number of pyridine rings is 1. The first-order valence-electron chi connectivity index (χ1n) is 5.94. The Hall–Kier alpha value is -2.37. The smallest absolute Gasteiger partial charge is 0.174 e. The van der Waals surface area contributed by atoms with Crippen molar-refractivity contribution in [3.63, 3.8) is 0 Å². The summed E-state index contributed by atoms with van der Waals surface area (Å²) in [6, 6.07) is 3.85. The van der Waals surface area contributed by atoms with Crippen LogP contribution in [0.15, 0.2) is 17.3 Å². The second-order valence-corrected chi connectivity index (χ2v) is 4.57. The molecule has 0 radical (unpaired) electrons. The predicted molar refractivity (Wildman–Crippen MR) is 72.8 cm³/mol. The van der Waals surface area contributed by atoms with Gasteiger partial charge in [-0.25, -0.2) is 4.68 Å². The summed E-state index contributed by atoms with van der Waals surface area (Å²) in [5, 5.41) is 16.5. The van der Waals surface area contributed by atoms with Gasteiger partial charge in [-0.3, -0.25) is 4.98 Å². The van der Waals surface area contributed by atoms with Crippen LogP contribution in [-0.2, 0) is 0 Å². The molecule has 0 aliphatic rings. The molecule has 2 heterocycles. The molecule has 0 atom stereocenters.